The van der Waals surface area contributed by atoms with Crippen molar-refractivity contribution in [2.24, 2.45) is 7.05 Å². The molecule has 0 saturated carbocycles. The van der Waals surface area contributed by atoms with Crippen LogP contribution >= 0.6 is 0 Å². The van der Waals surface area contributed by atoms with E-state index < -0.39 is 0 Å². The second kappa shape index (κ2) is 6.46. The van der Waals surface area contributed by atoms with Gasteiger partial charge < -0.3 is 9.64 Å². The number of piperidine rings is 1. The molecule has 1 amide bonds. The van der Waals surface area contributed by atoms with Gasteiger partial charge in [-0.15, -0.1) is 5.10 Å². The molecule has 4 rings (SSSR count). The van der Waals surface area contributed by atoms with E-state index in [1.54, 1.807) is 24.3 Å². The van der Waals surface area contributed by atoms with Gasteiger partial charge in [0.05, 0.1) is 23.4 Å². The van der Waals surface area contributed by atoms with E-state index in [4.69, 9.17) is 4.74 Å². The van der Waals surface area contributed by atoms with Crippen LogP contribution in [0, 0.1) is 0 Å². The molecule has 1 aliphatic rings. The van der Waals surface area contributed by atoms with Crippen LogP contribution in [0.25, 0.3) is 11.0 Å². The van der Waals surface area contributed by atoms with E-state index in [1.807, 2.05) is 24.3 Å². The number of ether oxygens (including phenoxy) is 1. The molecule has 0 radical (unpaired) electrons. The Morgan fingerprint density at radius 1 is 1.20 bits per heavy atom. The molecule has 1 saturated heterocycles. The number of carbonyl (C=O) groups excluding carboxylic acids is 1. The Balaban J connectivity index is 1.37. The fourth-order valence-electron chi connectivity index (χ4n) is 2.95. The zero-order valence-electron chi connectivity index (χ0n) is 13.9. The minimum Gasteiger partial charge on any atom is -0.473 e. The van der Waals surface area contributed by atoms with Crippen molar-refractivity contribution in [3.8, 4) is 5.88 Å². The number of likely N-dealkylation sites (tertiary alicyclic amines) is 1. The molecule has 0 N–H and O–H groups in total. The molecule has 8 heteroatoms. The molecule has 3 aromatic rings. The predicted molar refractivity (Wildman–Crippen MR) is 90.1 cm³/mol. The molecule has 1 aliphatic heterocycles. The van der Waals surface area contributed by atoms with Crippen LogP contribution in [0.5, 0.6) is 5.88 Å². The molecule has 25 heavy (non-hydrogen) atoms. The topological polar surface area (TPSA) is 86.0 Å². The van der Waals surface area contributed by atoms with Crippen molar-refractivity contribution in [2.45, 2.75) is 18.9 Å². The minimum atomic E-state index is -0.0861. The molecule has 1 fully saturated rings. The number of amides is 1. The number of hydrogen-bond acceptors (Lipinski definition) is 6. The van der Waals surface area contributed by atoms with E-state index in [9.17, 15) is 4.79 Å². The van der Waals surface area contributed by atoms with E-state index in [0.29, 0.717) is 24.7 Å². The molecular weight excluding hydrogens is 320 g/mol. The molecule has 0 spiro atoms. The predicted octanol–water partition coefficient (Wildman–Crippen LogP) is 1.44. The summed E-state index contributed by atoms with van der Waals surface area (Å²) in [6, 6.07) is 7.69. The molecular formula is C17H18N6O2. The lowest BCUT2D eigenvalue weighted by Crippen LogP contribution is -2.42. The third-order valence-corrected chi connectivity index (χ3v) is 4.26. The molecule has 0 atom stereocenters. The van der Waals surface area contributed by atoms with Crippen molar-refractivity contribution >= 4 is 16.9 Å². The number of aromatic nitrogens is 5. The lowest BCUT2D eigenvalue weighted by molar-refractivity contribution is 0.0582. The molecule has 0 unspecified atom stereocenters. The Kier molecular flexibility index (Phi) is 4.01. The monoisotopic (exact) mass is 338 g/mol. The van der Waals surface area contributed by atoms with Crippen molar-refractivity contribution in [3.63, 3.8) is 0 Å². The highest BCUT2D eigenvalue weighted by Crippen LogP contribution is 2.20. The van der Waals surface area contributed by atoms with Crippen molar-refractivity contribution in [1.82, 2.24) is 29.9 Å². The molecule has 8 nitrogen and oxygen atoms in total. The third-order valence-electron chi connectivity index (χ3n) is 4.26. The van der Waals surface area contributed by atoms with Crippen molar-refractivity contribution in [3.05, 3.63) is 42.4 Å². The smallest absolute Gasteiger partial charge is 0.276 e. The number of aryl methyl sites for hydroxylation is 1. The first-order valence-electron chi connectivity index (χ1n) is 8.23. The van der Waals surface area contributed by atoms with E-state index >= 15 is 0 Å². The Morgan fingerprint density at radius 2 is 1.96 bits per heavy atom. The van der Waals surface area contributed by atoms with Gasteiger partial charge in [-0.3, -0.25) is 9.48 Å². The van der Waals surface area contributed by atoms with E-state index in [2.05, 4.69) is 20.3 Å². The molecule has 1 aromatic carbocycles. The zero-order valence-corrected chi connectivity index (χ0v) is 13.9. The van der Waals surface area contributed by atoms with E-state index in [0.717, 1.165) is 23.9 Å². The van der Waals surface area contributed by atoms with Gasteiger partial charge in [0.2, 0.25) is 5.88 Å². The van der Waals surface area contributed by atoms with Crippen molar-refractivity contribution in [1.29, 1.82) is 0 Å². The first kappa shape index (κ1) is 15.5. The SMILES string of the molecule is Cn1cc(C(=O)N2CCC(Oc3cnc4ccccc4n3)CC2)nn1. The second-order valence-corrected chi connectivity index (χ2v) is 6.08. The lowest BCUT2D eigenvalue weighted by Gasteiger charge is -2.31. The van der Waals surface area contributed by atoms with Crippen LogP contribution < -0.4 is 4.74 Å². The quantitative estimate of drug-likeness (QED) is 0.718. The van der Waals surface area contributed by atoms with Gasteiger partial charge in [0.25, 0.3) is 5.91 Å². The van der Waals surface area contributed by atoms with Crippen molar-refractivity contribution in [2.75, 3.05) is 13.1 Å². The van der Waals surface area contributed by atoms with Crippen LogP contribution in [0.1, 0.15) is 23.3 Å². The first-order chi connectivity index (χ1) is 12.2. The summed E-state index contributed by atoms with van der Waals surface area (Å²) >= 11 is 0. The lowest BCUT2D eigenvalue weighted by atomic mass is 10.1. The summed E-state index contributed by atoms with van der Waals surface area (Å²) < 4.78 is 7.49. The Hall–Kier alpha value is -3.03. The highest BCUT2D eigenvalue weighted by molar-refractivity contribution is 5.92. The number of nitrogens with zero attached hydrogens (tertiary/aromatic N) is 6. The van der Waals surface area contributed by atoms with Gasteiger partial charge >= 0.3 is 0 Å². The number of benzene rings is 1. The average molecular weight is 338 g/mol. The first-order valence-corrected chi connectivity index (χ1v) is 8.23. The minimum absolute atomic E-state index is 0.0290. The number of hydrogen-bond donors (Lipinski definition) is 0. The van der Waals surface area contributed by atoms with Gasteiger partial charge in [-0.1, -0.05) is 17.3 Å². The van der Waals surface area contributed by atoms with Crippen LogP contribution in [-0.2, 0) is 7.05 Å². The highest BCUT2D eigenvalue weighted by atomic mass is 16.5. The van der Waals surface area contributed by atoms with Crippen LogP contribution in [0.3, 0.4) is 0 Å². The van der Waals surface area contributed by atoms with E-state index in [-0.39, 0.29) is 12.0 Å². The van der Waals surface area contributed by atoms with E-state index in [1.165, 1.54) is 4.68 Å². The normalized spacial score (nSPS) is 15.5. The summed E-state index contributed by atoms with van der Waals surface area (Å²) in [4.78, 5) is 23.0. The summed E-state index contributed by atoms with van der Waals surface area (Å²) in [5.41, 5.74) is 2.04. The van der Waals surface area contributed by atoms with Crippen LogP contribution in [0.15, 0.2) is 36.7 Å². The van der Waals surface area contributed by atoms with Crippen molar-refractivity contribution < 1.29 is 9.53 Å². The summed E-state index contributed by atoms with van der Waals surface area (Å²) in [6.45, 7) is 1.25. The largest absolute Gasteiger partial charge is 0.473 e. The summed E-state index contributed by atoms with van der Waals surface area (Å²) in [6.07, 6.45) is 4.82. The zero-order chi connectivity index (χ0) is 17.2. The third kappa shape index (κ3) is 3.28. The number of para-hydroxylation sites is 2. The average Bonchev–Trinajstić information content (AvgIpc) is 3.08. The fourth-order valence-corrected chi connectivity index (χ4v) is 2.95. The summed E-state index contributed by atoms with van der Waals surface area (Å²) in [5, 5.41) is 7.69. The van der Waals surface area contributed by atoms with Gasteiger partial charge in [-0.2, -0.15) is 0 Å². The number of rotatable bonds is 3. The molecule has 2 aromatic heterocycles. The standard InChI is InChI=1S/C17H18N6O2/c1-22-11-15(20-21-22)17(24)23-8-6-12(7-9-23)25-16-10-18-13-4-2-3-5-14(13)19-16/h2-5,10-12H,6-9H2,1H3. The summed E-state index contributed by atoms with van der Waals surface area (Å²) in [7, 11) is 1.74. The number of fused-ring (bicyclic) bond motifs is 1. The molecule has 0 aliphatic carbocycles. The summed E-state index contributed by atoms with van der Waals surface area (Å²) in [5.74, 6) is 0.439. The van der Waals surface area contributed by atoms with Gasteiger partial charge in [-0.05, 0) is 12.1 Å². The maximum atomic E-state index is 12.4. The highest BCUT2D eigenvalue weighted by Gasteiger charge is 2.26. The van der Waals surface area contributed by atoms with Gasteiger partial charge in [0, 0.05) is 33.0 Å². The molecule has 3 heterocycles. The Bertz CT molecular complexity index is 901. The van der Waals surface area contributed by atoms with Gasteiger partial charge in [0.1, 0.15) is 6.10 Å². The van der Waals surface area contributed by atoms with Crippen LogP contribution in [0.4, 0.5) is 0 Å². The number of carbonyl (C=O) groups is 1. The Morgan fingerprint density at radius 3 is 2.68 bits per heavy atom. The molecule has 0 bridgehead atoms. The van der Waals surface area contributed by atoms with Crippen LogP contribution in [0.2, 0.25) is 0 Å². The second-order valence-electron chi connectivity index (χ2n) is 6.08. The molecule has 128 valence electrons. The maximum Gasteiger partial charge on any atom is 0.276 e. The Labute approximate surface area is 144 Å². The maximum absolute atomic E-state index is 12.4. The fraction of sp³-hybridized carbons (Fsp3) is 0.353. The van der Waals surface area contributed by atoms with Gasteiger partial charge in [0.15, 0.2) is 5.69 Å². The van der Waals surface area contributed by atoms with Crippen LogP contribution in [-0.4, -0.2) is 55.0 Å². The van der Waals surface area contributed by atoms with Gasteiger partial charge in [-0.25, -0.2) is 9.97 Å².